The second-order valence-corrected chi connectivity index (χ2v) is 2.71. The van der Waals surface area contributed by atoms with E-state index in [2.05, 4.69) is 4.98 Å². The molecule has 0 aliphatic carbocycles. The maximum atomic E-state index is 12.9. The number of hydrogen-bond acceptors (Lipinski definition) is 3. The summed E-state index contributed by atoms with van der Waals surface area (Å²) in [5.74, 6) is -1.88. The molecule has 0 aromatic carbocycles. The predicted octanol–water partition coefficient (Wildman–Crippen LogP) is 0.985. The van der Waals surface area contributed by atoms with Crippen LogP contribution in [0.15, 0.2) is 12.1 Å². The molecule has 70 valence electrons. The number of carbonyl (C=O) groups is 1. The highest BCUT2D eigenvalue weighted by Gasteiger charge is 2.12. The molecule has 5 heteroatoms. The molecular weight excluding hydrogens is 175 g/mol. The van der Waals surface area contributed by atoms with Crippen LogP contribution in [0.25, 0.3) is 0 Å². The van der Waals surface area contributed by atoms with Crippen LogP contribution in [0.2, 0.25) is 0 Å². The van der Waals surface area contributed by atoms with Gasteiger partial charge in [-0.3, -0.25) is 0 Å². The molecule has 0 saturated heterocycles. The molecule has 0 saturated carbocycles. The van der Waals surface area contributed by atoms with Crippen molar-refractivity contribution in [3.63, 3.8) is 0 Å². The number of rotatable bonds is 2. The first-order valence-electron chi connectivity index (χ1n) is 3.59. The Balaban J connectivity index is 3.13. The number of nitrogens with zero attached hydrogens (tertiary/aromatic N) is 2. The molecule has 0 fully saturated rings. The third-order valence-corrected chi connectivity index (χ3v) is 1.52. The van der Waals surface area contributed by atoms with Crippen molar-refractivity contribution in [2.75, 3.05) is 19.0 Å². The molecule has 1 heterocycles. The molecule has 13 heavy (non-hydrogen) atoms. The summed E-state index contributed by atoms with van der Waals surface area (Å²) < 4.78 is 12.9. The Hall–Kier alpha value is -1.65. The Morgan fingerprint density at radius 3 is 2.54 bits per heavy atom. The van der Waals surface area contributed by atoms with Crippen LogP contribution >= 0.6 is 0 Å². The van der Waals surface area contributed by atoms with Crippen LogP contribution in [-0.2, 0) is 0 Å². The highest BCUT2D eigenvalue weighted by molar-refractivity contribution is 5.87. The third-order valence-electron chi connectivity index (χ3n) is 1.52. The second-order valence-electron chi connectivity index (χ2n) is 2.71. The molecule has 1 aromatic heterocycles. The summed E-state index contributed by atoms with van der Waals surface area (Å²) in [6.45, 7) is 0. The van der Waals surface area contributed by atoms with Crippen molar-refractivity contribution in [3.05, 3.63) is 23.6 Å². The van der Waals surface area contributed by atoms with Crippen LogP contribution in [0, 0.1) is 5.95 Å². The van der Waals surface area contributed by atoms with Gasteiger partial charge in [-0.15, -0.1) is 0 Å². The molecule has 0 radical (unpaired) electrons. The molecule has 0 unspecified atom stereocenters. The molecular formula is C8H9FN2O2. The fourth-order valence-electron chi connectivity index (χ4n) is 0.833. The first kappa shape index (κ1) is 9.44. The van der Waals surface area contributed by atoms with Gasteiger partial charge in [-0.2, -0.15) is 4.39 Å². The van der Waals surface area contributed by atoms with Crippen molar-refractivity contribution < 1.29 is 14.3 Å². The van der Waals surface area contributed by atoms with Gasteiger partial charge in [0.2, 0.25) is 5.95 Å². The van der Waals surface area contributed by atoms with Crippen molar-refractivity contribution >= 4 is 11.8 Å². The van der Waals surface area contributed by atoms with Crippen molar-refractivity contribution in [2.24, 2.45) is 0 Å². The molecule has 0 atom stereocenters. The fraction of sp³-hybridized carbons (Fsp3) is 0.250. The van der Waals surface area contributed by atoms with Crippen molar-refractivity contribution in [2.45, 2.75) is 0 Å². The molecule has 0 spiro atoms. The zero-order valence-corrected chi connectivity index (χ0v) is 7.28. The normalized spacial score (nSPS) is 9.77. The van der Waals surface area contributed by atoms with Gasteiger partial charge in [0.25, 0.3) is 0 Å². The van der Waals surface area contributed by atoms with Gasteiger partial charge in [-0.25, -0.2) is 9.78 Å². The lowest BCUT2D eigenvalue weighted by molar-refractivity contribution is 0.0691. The lowest BCUT2D eigenvalue weighted by atomic mass is 10.3. The number of aromatic carboxylic acids is 1. The average molecular weight is 184 g/mol. The van der Waals surface area contributed by atoms with Crippen LogP contribution in [-0.4, -0.2) is 30.2 Å². The Kier molecular flexibility index (Phi) is 2.46. The smallest absolute Gasteiger partial charge is 0.340 e. The Morgan fingerprint density at radius 1 is 1.54 bits per heavy atom. The van der Waals surface area contributed by atoms with Gasteiger partial charge < -0.3 is 10.0 Å². The van der Waals surface area contributed by atoms with Crippen molar-refractivity contribution in [3.8, 4) is 0 Å². The number of carboxylic acids is 1. The largest absolute Gasteiger partial charge is 0.478 e. The zero-order valence-electron chi connectivity index (χ0n) is 7.28. The number of carboxylic acid groups (broad SMARTS) is 1. The number of anilines is 1. The molecule has 1 N–H and O–H groups in total. The summed E-state index contributed by atoms with van der Waals surface area (Å²) >= 11 is 0. The minimum absolute atomic E-state index is 0.391. The van der Waals surface area contributed by atoms with E-state index in [0.29, 0.717) is 5.82 Å². The molecule has 1 aromatic rings. The van der Waals surface area contributed by atoms with Gasteiger partial charge in [-0.05, 0) is 12.1 Å². The second kappa shape index (κ2) is 3.38. The van der Waals surface area contributed by atoms with Crippen LogP contribution in [0.3, 0.4) is 0 Å². The highest BCUT2D eigenvalue weighted by Crippen LogP contribution is 2.11. The zero-order chi connectivity index (χ0) is 10.0. The topological polar surface area (TPSA) is 53.4 Å². The molecule has 0 bridgehead atoms. The first-order chi connectivity index (χ1) is 6.02. The van der Waals surface area contributed by atoms with Gasteiger partial charge in [0.1, 0.15) is 11.4 Å². The summed E-state index contributed by atoms with van der Waals surface area (Å²) in [7, 11) is 3.39. The van der Waals surface area contributed by atoms with E-state index >= 15 is 0 Å². The standard InChI is InChI=1S/C8H9FN2O2/c1-11(2)6-4-3-5(8(12)13)7(9)10-6/h3-4H,1-2H3,(H,12,13). The molecule has 1 rings (SSSR count). The van der Waals surface area contributed by atoms with E-state index in [-0.39, 0.29) is 0 Å². The van der Waals surface area contributed by atoms with Gasteiger partial charge in [0.15, 0.2) is 0 Å². The van der Waals surface area contributed by atoms with Crippen molar-refractivity contribution in [1.29, 1.82) is 0 Å². The maximum Gasteiger partial charge on any atom is 0.340 e. The third kappa shape index (κ3) is 1.93. The van der Waals surface area contributed by atoms with E-state index in [0.717, 1.165) is 0 Å². The number of hydrogen-bond donors (Lipinski definition) is 1. The summed E-state index contributed by atoms with van der Waals surface area (Å²) in [6, 6.07) is 2.65. The van der Waals surface area contributed by atoms with Gasteiger partial charge in [0, 0.05) is 14.1 Å². The van der Waals surface area contributed by atoms with Crippen LogP contribution < -0.4 is 4.90 Å². The predicted molar refractivity (Wildman–Crippen MR) is 45.5 cm³/mol. The quantitative estimate of drug-likeness (QED) is 0.696. The van der Waals surface area contributed by atoms with Crippen molar-refractivity contribution in [1.82, 2.24) is 4.98 Å². The van der Waals surface area contributed by atoms with E-state index in [4.69, 9.17) is 5.11 Å². The molecule has 0 aliphatic rings. The lowest BCUT2D eigenvalue weighted by Gasteiger charge is -2.10. The summed E-state index contributed by atoms with van der Waals surface area (Å²) in [6.07, 6.45) is 0. The molecule has 0 aliphatic heterocycles. The van der Waals surface area contributed by atoms with E-state index in [1.807, 2.05) is 0 Å². The minimum Gasteiger partial charge on any atom is -0.478 e. The number of pyridine rings is 1. The minimum atomic E-state index is -1.31. The highest BCUT2D eigenvalue weighted by atomic mass is 19.1. The monoisotopic (exact) mass is 184 g/mol. The van der Waals surface area contributed by atoms with Gasteiger partial charge in [-0.1, -0.05) is 0 Å². The Labute approximate surface area is 74.6 Å². The fourth-order valence-corrected chi connectivity index (χ4v) is 0.833. The molecule has 4 nitrogen and oxygen atoms in total. The van der Waals surface area contributed by atoms with E-state index in [1.165, 1.54) is 12.1 Å². The van der Waals surface area contributed by atoms with E-state index < -0.39 is 17.5 Å². The first-order valence-corrected chi connectivity index (χ1v) is 3.59. The number of halogens is 1. The summed E-state index contributed by atoms with van der Waals surface area (Å²) in [5, 5.41) is 8.50. The lowest BCUT2D eigenvalue weighted by Crippen LogP contribution is -2.13. The van der Waals surface area contributed by atoms with Crippen LogP contribution in [0.4, 0.5) is 10.2 Å². The Morgan fingerprint density at radius 2 is 2.15 bits per heavy atom. The average Bonchev–Trinajstić information content (AvgIpc) is 2.03. The van der Waals surface area contributed by atoms with Crippen LogP contribution in [0.1, 0.15) is 10.4 Å². The summed E-state index contributed by atoms with van der Waals surface area (Å²) in [5.41, 5.74) is -0.411. The van der Waals surface area contributed by atoms with Gasteiger partial charge >= 0.3 is 5.97 Å². The van der Waals surface area contributed by atoms with E-state index in [9.17, 15) is 9.18 Å². The number of aromatic nitrogens is 1. The molecule has 0 amide bonds. The SMILES string of the molecule is CN(C)c1ccc(C(=O)O)c(F)n1. The van der Waals surface area contributed by atoms with Gasteiger partial charge in [0.05, 0.1) is 0 Å². The maximum absolute atomic E-state index is 12.9. The van der Waals surface area contributed by atoms with Crippen LogP contribution in [0.5, 0.6) is 0 Å². The Bertz CT molecular complexity index is 339. The summed E-state index contributed by atoms with van der Waals surface area (Å²) in [4.78, 5) is 15.5. The van der Waals surface area contributed by atoms with E-state index in [1.54, 1.807) is 19.0 Å².